The Hall–Kier alpha value is -1.35. The molecule has 1 N–H and O–H groups in total. The molecule has 1 aromatic carbocycles. The molecule has 5 rings (SSSR count). The average molecular weight is 440 g/mol. The fraction of sp³-hybridized carbons (Fsp3) is 0.650. The van der Waals surface area contributed by atoms with Crippen LogP contribution in [0.2, 0.25) is 5.02 Å². The van der Waals surface area contributed by atoms with Crippen LogP contribution in [0.15, 0.2) is 24.3 Å². The standard InChI is InChI=1S/C20H26ClN3O4S/c21-15-7-5-14(6-8-15)10-24-13-20-12-23(19(25)22-16-3-1-2-4-16)11-17(28-20)9-18(20)29(24,26)27/h5-8,16-18H,1-4,9-13H2,(H,22,25)/t17-,18+,20+/m1/s1. The van der Waals surface area contributed by atoms with Crippen molar-refractivity contribution in [1.82, 2.24) is 14.5 Å². The summed E-state index contributed by atoms with van der Waals surface area (Å²) in [7, 11) is -3.49. The highest BCUT2D eigenvalue weighted by molar-refractivity contribution is 7.90. The van der Waals surface area contributed by atoms with Crippen LogP contribution in [0, 0.1) is 0 Å². The van der Waals surface area contributed by atoms with Gasteiger partial charge in [0.25, 0.3) is 0 Å². The third-order valence-electron chi connectivity index (χ3n) is 6.75. The quantitative estimate of drug-likeness (QED) is 0.784. The monoisotopic (exact) mass is 439 g/mol. The number of nitrogens with zero attached hydrogens (tertiary/aromatic N) is 2. The number of likely N-dealkylation sites (tertiary alicyclic amines) is 1. The first kappa shape index (κ1) is 19.6. The van der Waals surface area contributed by atoms with Gasteiger partial charge >= 0.3 is 6.03 Å². The summed E-state index contributed by atoms with van der Waals surface area (Å²) in [6.07, 6.45) is 4.59. The number of morpholine rings is 1. The van der Waals surface area contributed by atoms with Crippen molar-refractivity contribution in [3.63, 3.8) is 0 Å². The third-order valence-corrected chi connectivity index (χ3v) is 9.32. The van der Waals surface area contributed by atoms with Crippen molar-refractivity contribution in [2.45, 2.75) is 61.6 Å². The lowest BCUT2D eigenvalue weighted by molar-refractivity contribution is -0.0959. The summed E-state index contributed by atoms with van der Waals surface area (Å²) in [5, 5.41) is 3.16. The number of nitrogens with one attached hydrogen (secondary N) is 1. The number of carbonyl (C=O) groups excluding carboxylic acids is 1. The maximum Gasteiger partial charge on any atom is 0.317 e. The topological polar surface area (TPSA) is 79.0 Å². The van der Waals surface area contributed by atoms with E-state index in [1.807, 2.05) is 12.1 Å². The highest BCUT2D eigenvalue weighted by Crippen LogP contribution is 2.47. The number of halogens is 1. The van der Waals surface area contributed by atoms with Crippen LogP contribution in [-0.4, -0.2) is 66.3 Å². The molecule has 3 saturated heterocycles. The predicted octanol–water partition coefficient (Wildman–Crippen LogP) is 2.35. The minimum atomic E-state index is -3.49. The Morgan fingerprint density at radius 1 is 1.21 bits per heavy atom. The molecular weight excluding hydrogens is 414 g/mol. The van der Waals surface area contributed by atoms with Gasteiger partial charge < -0.3 is 15.0 Å². The number of carbonyl (C=O) groups is 1. The number of fused-ring (bicyclic) bond motifs is 1. The molecule has 4 aliphatic rings. The van der Waals surface area contributed by atoms with Gasteiger partial charge in [-0.25, -0.2) is 13.2 Å². The number of ether oxygens (including phenoxy) is 1. The molecule has 2 bridgehead atoms. The SMILES string of the molecule is O=C(NC1CCCC1)N1C[C@H]2C[C@H]3[C@](C1)(CN(Cc1ccc(Cl)cc1)S3(=O)=O)O2. The molecule has 1 aliphatic carbocycles. The van der Waals surface area contributed by atoms with Gasteiger partial charge in [-0.1, -0.05) is 36.6 Å². The molecule has 0 unspecified atom stereocenters. The average Bonchev–Trinajstić information content (AvgIpc) is 3.32. The Kier molecular flexibility index (Phi) is 4.81. The summed E-state index contributed by atoms with van der Waals surface area (Å²) in [6.45, 7) is 1.36. The Labute approximate surface area is 176 Å². The van der Waals surface area contributed by atoms with Crippen molar-refractivity contribution in [3.8, 4) is 0 Å². The molecule has 7 nitrogen and oxygen atoms in total. The molecule has 3 heterocycles. The van der Waals surface area contributed by atoms with Gasteiger partial charge in [0.05, 0.1) is 12.6 Å². The molecule has 3 aliphatic heterocycles. The molecule has 2 amide bonds. The zero-order chi connectivity index (χ0) is 20.2. The van der Waals surface area contributed by atoms with Crippen molar-refractivity contribution in [2.24, 2.45) is 0 Å². The van der Waals surface area contributed by atoms with Crippen LogP contribution in [0.3, 0.4) is 0 Å². The van der Waals surface area contributed by atoms with Crippen molar-refractivity contribution >= 4 is 27.7 Å². The zero-order valence-electron chi connectivity index (χ0n) is 16.2. The van der Waals surface area contributed by atoms with Gasteiger partial charge in [0.1, 0.15) is 10.9 Å². The molecule has 1 spiro atoms. The molecule has 4 fully saturated rings. The molecule has 0 radical (unpaired) electrons. The summed E-state index contributed by atoms with van der Waals surface area (Å²) in [5.41, 5.74) is 0.0545. The molecule has 29 heavy (non-hydrogen) atoms. The maximum absolute atomic E-state index is 13.2. The smallest absolute Gasteiger partial charge is 0.317 e. The second kappa shape index (κ2) is 7.11. The molecule has 1 saturated carbocycles. The van der Waals surface area contributed by atoms with Crippen molar-refractivity contribution in [1.29, 1.82) is 0 Å². The minimum Gasteiger partial charge on any atom is -0.365 e. The second-order valence-electron chi connectivity index (χ2n) is 8.78. The van der Waals surface area contributed by atoms with Gasteiger partial charge in [-0.3, -0.25) is 0 Å². The van der Waals surface area contributed by atoms with E-state index in [2.05, 4.69) is 5.32 Å². The fourth-order valence-electron chi connectivity index (χ4n) is 5.37. The number of amides is 2. The Morgan fingerprint density at radius 3 is 2.66 bits per heavy atom. The molecule has 1 aromatic rings. The molecule has 0 aromatic heterocycles. The zero-order valence-corrected chi connectivity index (χ0v) is 17.8. The summed E-state index contributed by atoms with van der Waals surface area (Å²) in [4.78, 5) is 14.6. The van der Waals surface area contributed by atoms with E-state index in [0.29, 0.717) is 31.1 Å². The molecule has 3 atom stereocenters. The van der Waals surface area contributed by atoms with E-state index in [9.17, 15) is 13.2 Å². The summed E-state index contributed by atoms with van der Waals surface area (Å²) in [6, 6.07) is 7.37. The van der Waals surface area contributed by atoms with E-state index in [1.165, 1.54) is 4.31 Å². The highest BCUT2D eigenvalue weighted by atomic mass is 35.5. The number of rotatable bonds is 3. The summed E-state index contributed by atoms with van der Waals surface area (Å²) in [5.74, 6) is 0. The molecular formula is C20H26ClN3O4S. The number of hydrogen-bond acceptors (Lipinski definition) is 4. The minimum absolute atomic E-state index is 0.0845. The Balaban J connectivity index is 1.33. The van der Waals surface area contributed by atoms with Crippen LogP contribution in [0.4, 0.5) is 4.79 Å². The Bertz CT molecular complexity index is 903. The number of urea groups is 1. The van der Waals surface area contributed by atoms with E-state index in [1.54, 1.807) is 17.0 Å². The van der Waals surface area contributed by atoms with Gasteiger partial charge in [-0.15, -0.1) is 0 Å². The van der Waals surface area contributed by atoms with Crippen LogP contribution < -0.4 is 5.32 Å². The number of benzene rings is 1. The van der Waals surface area contributed by atoms with E-state index in [4.69, 9.17) is 16.3 Å². The van der Waals surface area contributed by atoms with Gasteiger partial charge in [0.2, 0.25) is 10.0 Å². The van der Waals surface area contributed by atoms with E-state index < -0.39 is 20.9 Å². The first-order valence-corrected chi connectivity index (χ1v) is 12.2. The number of sulfonamides is 1. The van der Waals surface area contributed by atoms with Crippen LogP contribution in [-0.2, 0) is 21.3 Å². The third kappa shape index (κ3) is 3.44. The van der Waals surface area contributed by atoms with Gasteiger partial charge in [-0.05, 0) is 37.0 Å². The normalized spacial score (nSPS) is 33.8. The van der Waals surface area contributed by atoms with Crippen molar-refractivity contribution in [2.75, 3.05) is 19.6 Å². The first-order chi connectivity index (χ1) is 13.9. The van der Waals surface area contributed by atoms with E-state index in [0.717, 1.165) is 31.2 Å². The van der Waals surface area contributed by atoms with Gasteiger partial charge in [0.15, 0.2) is 0 Å². The predicted molar refractivity (Wildman–Crippen MR) is 109 cm³/mol. The van der Waals surface area contributed by atoms with Crippen molar-refractivity contribution < 1.29 is 17.9 Å². The summed E-state index contributed by atoms with van der Waals surface area (Å²) < 4.78 is 34.2. The Morgan fingerprint density at radius 2 is 1.93 bits per heavy atom. The number of hydrogen-bond donors (Lipinski definition) is 1. The largest absolute Gasteiger partial charge is 0.365 e. The second-order valence-corrected chi connectivity index (χ2v) is 11.3. The lowest BCUT2D eigenvalue weighted by Gasteiger charge is -2.39. The highest BCUT2D eigenvalue weighted by Gasteiger charge is 2.65. The fourth-order valence-corrected chi connectivity index (χ4v) is 7.79. The van der Waals surface area contributed by atoms with Crippen LogP contribution in [0.1, 0.15) is 37.7 Å². The van der Waals surface area contributed by atoms with E-state index >= 15 is 0 Å². The van der Waals surface area contributed by atoms with Crippen LogP contribution >= 0.6 is 11.6 Å². The van der Waals surface area contributed by atoms with Crippen molar-refractivity contribution in [3.05, 3.63) is 34.9 Å². The lowest BCUT2D eigenvalue weighted by Crippen LogP contribution is -2.59. The van der Waals surface area contributed by atoms with Crippen LogP contribution in [0.5, 0.6) is 0 Å². The van der Waals surface area contributed by atoms with Crippen LogP contribution in [0.25, 0.3) is 0 Å². The first-order valence-electron chi connectivity index (χ1n) is 10.3. The van der Waals surface area contributed by atoms with E-state index in [-0.39, 0.29) is 24.7 Å². The molecule has 9 heteroatoms. The maximum atomic E-state index is 13.2. The molecule has 158 valence electrons. The van der Waals surface area contributed by atoms with Gasteiger partial charge in [-0.2, -0.15) is 4.31 Å². The van der Waals surface area contributed by atoms with Gasteiger partial charge in [0, 0.05) is 30.7 Å². The summed E-state index contributed by atoms with van der Waals surface area (Å²) >= 11 is 5.94. The lowest BCUT2D eigenvalue weighted by atomic mass is 9.99.